The second-order valence-electron chi connectivity index (χ2n) is 5.78. The van der Waals surface area contributed by atoms with Gasteiger partial charge >= 0.3 is 0 Å². The van der Waals surface area contributed by atoms with E-state index in [1.54, 1.807) is 41.8 Å². The van der Waals surface area contributed by atoms with Gasteiger partial charge in [-0.05, 0) is 24.3 Å². The molecule has 1 amide bonds. The summed E-state index contributed by atoms with van der Waals surface area (Å²) in [7, 11) is 0. The highest BCUT2D eigenvalue weighted by atomic mass is 16.5. The van der Waals surface area contributed by atoms with E-state index < -0.39 is 0 Å². The van der Waals surface area contributed by atoms with Crippen molar-refractivity contribution in [3.8, 4) is 17.1 Å². The number of carbonyl (C=O) groups is 1. The maximum absolute atomic E-state index is 12.6. The van der Waals surface area contributed by atoms with Crippen LogP contribution in [0.3, 0.4) is 0 Å². The monoisotopic (exact) mass is 336 g/mol. The predicted molar refractivity (Wildman–Crippen MR) is 88.9 cm³/mol. The average Bonchev–Trinajstić information content (AvgIpc) is 3.33. The first-order chi connectivity index (χ1) is 12.3. The minimum atomic E-state index is -0.153. The Hall–Kier alpha value is -3.22. The first-order valence-electron chi connectivity index (χ1n) is 8.02. The molecule has 4 rings (SSSR count). The van der Waals surface area contributed by atoms with Gasteiger partial charge in [0.05, 0.1) is 6.54 Å². The summed E-state index contributed by atoms with van der Waals surface area (Å²) < 4.78 is 11.2. The van der Waals surface area contributed by atoms with Gasteiger partial charge in [0, 0.05) is 49.4 Å². The van der Waals surface area contributed by atoms with E-state index in [1.165, 1.54) is 0 Å². The van der Waals surface area contributed by atoms with E-state index in [9.17, 15) is 4.79 Å². The summed E-state index contributed by atoms with van der Waals surface area (Å²) in [5.74, 6) is 1.13. The van der Waals surface area contributed by atoms with Crippen LogP contribution < -0.4 is 4.74 Å². The van der Waals surface area contributed by atoms with Crippen molar-refractivity contribution >= 4 is 5.91 Å². The number of pyridine rings is 2. The summed E-state index contributed by atoms with van der Waals surface area (Å²) in [6, 6.07) is 8.93. The number of nitrogens with zero attached hydrogens (tertiary/aromatic N) is 4. The summed E-state index contributed by atoms with van der Waals surface area (Å²) in [6.45, 7) is 1.15. The fraction of sp³-hybridized carbons (Fsp3) is 0.222. The molecule has 4 heterocycles. The third kappa shape index (κ3) is 3.35. The first kappa shape index (κ1) is 15.3. The summed E-state index contributed by atoms with van der Waals surface area (Å²) in [4.78, 5) is 22.3. The lowest BCUT2D eigenvalue weighted by atomic mass is 10.2. The zero-order valence-electron chi connectivity index (χ0n) is 13.4. The Bertz CT molecular complexity index is 851. The third-order valence-corrected chi connectivity index (χ3v) is 4.06. The maximum atomic E-state index is 12.6. The standard InChI is InChI=1S/C18H16N4O3/c23-18(16-10-17(25-21-16)13-2-1-6-20-11-13)22-9-5-15(12-22)24-14-3-7-19-8-4-14/h1-4,6-8,10-11,15H,5,9,12H2/t15-/m1/s1. The second kappa shape index (κ2) is 6.72. The van der Waals surface area contributed by atoms with Crippen molar-refractivity contribution in [3.63, 3.8) is 0 Å². The minimum absolute atomic E-state index is 0.0314. The van der Waals surface area contributed by atoms with Crippen molar-refractivity contribution < 1.29 is 14.1 Å². The Kier molecular flexibility index (Phi) is 4.12. The van der Waals surface area contributed by atoms with E-state index in [0.717, 1.165) is 17.7 Å². The van der Waals surface area contributed by atoms with Gasteiger partial charge in [-0.25, -0.2) is 0 Å². The molecule has 0 saturated carbocycles. The van der Waals surface area contributed by atoms with E-state index in [2.05, 4.69) is 15.1 Å². The summed E-state index contributed by atoms with van der Waals surface area (Å²) in [5.41, 5.74) is 1.08. The molecule has 0 aromatic carbocycles. The molecule has 1 aliphatic rings. The van der Waals surface area contributed by atoms with Gasteiger partial charge in [0.15, 0.2) is 11.5 Å². The molecule has 0 spiro atoms. The molecule has 0 unspecified atom stereocenters. The van der Waals surface area contributed by atoms with E-state index in [4.69, 9.17) is 9.26 Å². The lowest BCUT2D eigenvalue weighted by molar-refractivity contribution is 0.0762. The van der Waals surface area contributed by atoms with E-state index >= 15 is 0 Å². The highest BCUT2D eigenvalue weighted by molar-refractivity contribution is 5.93. The Labute approximate surface area is 144 Å². The second-order valence-corrected chi connectivity index (χ2v) is 5.78. The van der Waals surface area contributed by atoms with Crippen LogP contribution in [0.25, 0.3) is 11.3 Å². The highest BCUT2D eigenvalue weighted by Crippen LogP contribution is 2.22. The Morgan fingerprint density at radius 1 is 1.20 bits per heavy atom. The number of rotatable bonds is 4. The van der Waals surface area contributed by atoms with E-state index in [-0.39, 0.29) is 12.0 Å². The molecule has 0 bridgehead atoms. The number of amides is 1. The van der Waals surface area contributed by atoms with Crippen LogP contribution in [0.1, 0.15) is 16.9 Å². The Morgan fingerprint density at radius 2 is 2.08 bits per heavy atom. The topological polar surface area (TPSA) is 81.4 Å². The van der Waals surface area contributed by atoms with Gasteiger partial charge in [0.1, 0.15) is 11.9 Å². The zero-order valence-corrected chi connectivity index (χ0v) is 13.4. The van der Waals surface area contributed by atoms with Crippen molar-refractivity contribution in [2.45, 2.75) is 12.5 Å². The highest BCUT2D eigenvalue weighted by Gasteiger charge is 2.30. The number of likely N-dealkylation sites (tertiary alicyclic amines) is 1. The molecule has 25 heavy (non-hydrogen) atoms. The zero-order chi connectivity index (χ0) is 17.1. The molecule has 0 aliphatic carbocycles. The number of hydrogen-bond acceptors (Lipinski definition) is 6. The van der Waals surface area contributed by atoms with Crippen LogP contribution in [0.4, 0.5) is 0 Å². The van der Waals surface area contributed by atoms with Crippen LogP contribution in [0.2, 0.25) is 0 Å². The van der Waals surface area contributed by atoms with Crippen molar-refractivity contribution in [1.82, 2.24) is 20.0 Å². The van der Waals surface area contributed by atoms with Gasteiger partial charge in [-0.15, -0.1) is 0 Å². The van der Waals surface area contributed by atoms with Gasteiger partial charge in [0.2, 0.25) is 0 Å². The third-order valence-electron chi connectivity index (χ3n) is 4.06. The molecule has 1 atom stereocenters. The van der Waals surface area contributed by atoms with Crippen LogP contribution in [0.5, 0.6) is 5.75 Å². The van der Waals surface area contributed by atoms with Crippen LogP contribution in [-0.2, 0) is 0 Å². The fourth-order valence-electron chi connectivity index (χ4n) is 2.80. The minimum Gasteiger partial charge on any atom is -0.488 e. The number of hydrogen-bond donors (Lipinski definition) is 0. The lowest BCUT2D eigenvalue weighted by Crippen LogP contribution is -2.31. The molecule has 0 radical (unpaired) electrons. The summed E-state index contributed by atoms with van der Waals surface area (Å²) in [5, 5.41) is 3.90. The summed E-state index contributed by atoms with van der Waals surface area (Å²) >= 11 is 0. The molecule has 0 N–H and O–H groups in total. The van der Waals surface area contributed by atoms with Gasteiger partial charge in [-0.3, -0.25) is 14.8 Å². The first-order valence-corrected chi connectivity index (χ1v) is 8.02. The Balaban J connectivity index is 1.41. The lowest BCUT2D eigenvalue weighted by Gasteiger charge is -2.15. The predicted octanol–water partition coefficient (Wildman–Crippen LogP) is 2.43. The van der Waals surface area contributed by atoms with Gasteiger partial charge in [-0.1, -0.05) is 5.16 Å². The van der Waals surface area contributed by atoms with Crippen LogP contribution in [-0.4, -0.2) is 45.1 Å². The van der Waals surface area contributed by atoms with Crippen LogP contribution >= 0.6 is 0 Å². The maximum Gasteiger partial charge on any atom is 0.276 e. The van der Waals surface area contributed by atoms with Crippen molar-refractivity contribution in [2.24, 2.45) is 0 Å². The fourth-order valence-corrected chi connectivity index (χ4v) is 2.80. The molecule has 1 aliphatic heterocycles. The van der Waals surface area contributed by atoms with Gasteiger partial charge in [-0.2, -0.15) is 0 Å². The molecule has 3 aromatic heterocycles. The number of carbonyl (C=O) groups excluding carboxylic acids is 1. The van der Waals surface area contributed by atoms with Crippen LogP contribution in [0.15, 0.2) is 59.6 Å². The Morgan fingerprint density at radius 3 is 2.88 bits per heavy atom. The molecule has 1 fully saturated rings. The molecule has 7 nitrogen and oxygen atoms in total. The normalized spacial score (nSPS) is 16.8. The SMILES string of the molecule is O=C(c1cc(-c2cccnc2)on1)N1CC[C@@H](Oc2ccncc2)C1. The molecular formula is C18H16N4O3. The van der Waals surface area contributed by atoms with Crippen LogP contribution in [0, 0.1) is 0 Å². The quantitative estimate of drug-likeness (QED) is 0.728. The largest absolute Gasteiger partial charge is 0.488 e. The molecular weight excluding hydrogens is 320 g/mol. The van der Waals surface area contributed by atoms with Gasteiger partial charge < -0.3 is 14.2 Å². The molecule has 126 valence electrons. The molecule has 7 heteroatoms. The summed E-state index contributed by atoms with van der Waals surface area (Å²) in [6.07, 6.45) is 7.46. The van der Waals surface area contributed by atoms with Crippen molar-refractivity contribution in [2.75, 3.05) is 13.1 Å². The van der Waals surface area contributed by atoms with E-state index in [0.29, 0.717) is 24.5 Å². The van der Waals surface area contributed by atoms with Crippen molar-refractivity contribution in [1.29, 1.82) is 0 Å². The smallest absolute Gasteiger partial charge is 0.276 e. The number of aromatic nitrogens is 3. The average molecular weight is 336 g/mol. The van der Waals surface area contributed by atoms with Crippen molar-refractivity contribution in [3.05, 3.63) is 60.8 Å². The number of ether oxygens (including phenoxy) is 1. The van der Waals surface area contributed by atoms with Gasteiger partial charge in [0.25, 0.3) is 5.91 Å². The molecule has 3 aromatic rings. The van der Waals surface area contributed by atoms with E-state index in [1.807, 2.05) is 18.2 Å². The molecule has 1 saturated heterocycles.